The van der Waals surface area contributed by atoms with Crippen molar-refractivity contribution in [2.75, 3.05) is 6.54 Å². The summed E-state index contributed by atoms with van der Waals surface area (Å²) in [6.45, 7) is 0.993. The molecule has 0 saturated carbocycles. The van der Waals surface area contributed by atoms with Crippen LogP contribution in [0.25, 0.3) is 11.3 Å². The lowest BCUT2D eigenvalue weighted by Gasteiger charge is -2.06. The molecule has 0 spiro atoms. The number of fused-ring (bicyclic) bond motifs is 3. The molecule has 1 aromatic carbocycles. The average molecular weight is 273 g/mol. The van der Waals surface area contributed by atoms with E-state index in [2.05, 4.69) is 5.10 Å². The fourth-order valence-electron chi connectivity index (χ4n) is 2.67. The zero-order valence-electron chi connectivity index (χ0n) is 10.8. The van der Waals surface area contributed by atoms with Gasteiger partial charge in [0.15, 0.2) is 0 Å². The molecule has 0 fully saturated rings. The van der Waals surface area contributed by atoms with Gasteiger partial charge in [-0.3, -0.25) is 4.68 Å². The second-order valence-corrected chi connectivity index (χ2v) is 4.86. The highest BCUT2D eigenvalue weighted by molar-refractivity contribution is 5.92. The Kier molecular flexibility index (Phi) is 2.94. The van der Waals surface area contributed by atoms with Gasteiger partial charge in [-0.2, -0.15) is 5.10 Å². The van der Waals surface area contributed by atoms with Gasteiger partial charge in [-0.1, -0.05) is 0 Å². The molecule has 4 N–H and O–H groups in total. The fourth-order valence-corrected chi connectivity index (χ4v) is 2.67. The summed E-state index contributed by atoms with van der Waals surface area (Å²) in [7, 11) is 0. The maximum absolute atomic E-state index is 11.5. The predicted molar refractivity (Wildman–Crippen MR) is 72.8 cm³/mol. The Bertz CT molecular complexity index is 691. The Hall–Kier alpha value is -2.34. The maximum Gasteiger partial charge on any atom is 0.354 e. The summed E-state index contributed by atoms with van der Waals surface area (Å²) in [5.74, 6) is -0.797. The van der Waals surface area contributed by atoms with Crippen LogP contribution in [0, 0.1) is 0 Å². The number of hydrogen-bond donors (Lipinski definition) is 3. The molecule has 0 saturated heterocycles. The smallest absolute Gasteiger partial charge is 0.354 e. The van der Waals surface area contributed by atoms with E-state index >= 15 is 0 Å². The Labute approximate surface area is 115 Å². The highest BCUT2D eigenvalue weighted by atomic mass is 16.4. The lowest BCUT2D eigenvalue weighted by Crippen LogP contribution is -2.14. The van der Waals surface area contributed by atoms with Gasteiger partial charge in [0.2, 0.25) is 0 Å². The number of aryl methyl sites for hydroxylation is 1. The minimum atomic E-state index is -0.979. The van der Waals surface area contributed by atoms with E-state index in [0.717, 1.165) is 16.7 Å². The predicted octanol–water partition coefficient (Wildman–Crippen LogP) is 1.21. The Morgan fingerprint density at radius 1 is 1.45 bits per heavy atom. The molecule has 0 radical (unpaired) electrons. The van der Waals surface area contributed by atoms with Gasteiger partial charge in [0.1, 0.15) is 11.4 Å². The van der Waals surface area contributed by atoms with Crippen LogP contribution in [0.3, 0.4) is 0 Å². The zero-order chi connectivity index (χ0) is 14.3. The molecule has 3 rings (SSSR count). The van der Waals surface area contributed by atoms with Gasteiger partial charge in [0.05, 0.1) is 5.69 Å². The van der Waals surface area contributed by atoms with E-state index in [4.69, 9.17) is 5.73 Å². The van der Waals surface area contributed by atoms with E-state index in [-0.39, 0.29) is 11.4 Å². The highest BCUT2D eigenvalue weighted by Crippen LogP contribution is 2.39. The number of nitrogens with two attached hydrogens (primary N) is 1. The first-order valence-electron chi connectivity index (χ1n) is 6.47. The van der Waals surface area contributed by atoms with Gasteiger partial charge < -0.3 is 15.9 Å². The van der Waals surface area contributed by atoms with E-state index in [1.165, 1.54) is 4.68 Å². The number of carbonyl (C=O) groups is 1. The molecule has 0 bridgehead atoms. The van der Waals surface area contributed by atoms with Gasteiger partial charge in [-0.15, -0.1) is 0 Å². The molecule has 20 heavy (non-hydrogen) atoms. The first kappa shape index (κ1) is 12.7. The second kappa shape index (κ2) is 4.64. The first-order chi connectivity index (χ1) is 9.61. The summed E-state index contributed by atoms with van der Waals surface area (Å²) in [5, 5.41) is 23.3. The number of aromatic nitrogens is 2. The van der Waals surface area contributed by atoms with E-state index in [1.54, 1.807) is 18.2 Å². The molecule has 0 amide bonds. The monoisotopic (exact) mass is 273 g/mol. The standard InChI is InChI=1S/C14H15N3O3/c15-4-1-5-17-13(14(19)20)11-7-8-6-9(18)2-3-10(8)12(11)16-17/h2-3,6,18H,1,4-5,7,15H2,(H,19,20). The van der Waals surface area contributed by atoms with Gasteiger partial charge in [0.25, 0.3) is 0 Å². The van der Waals surface area contributed by atoms with Crippen LogP contribution in [0.4, 0.5) is 0 Å². The van der Waals surface area contributed by atoms with Crippen LogP contribution in [0.1, 0.15) is 28.0 Å². The van der Waals surface area contributed by atoms with E-state index in [1.807, 2.05) is 0 Å². The van der Waals surface area contributed by atoms with Crippen molar-refractivity contribution in [3.05, 3.63) is 35.0 Å². The quantitative estimate of drug-likeness (QED) is 0.663. The minimum Gasteiger partial charge on any atom is -0.508 e. The molecule has 6 nitrogen and oxygen atoms in total. The molecular formula is C14H15N3O3. The molecule has 6 heteroatoms. The number of aromatic carboxylic acids is 1. The lowest BCUT2D eigenvalue weighted by atomic mass is 10.1. The molecule has 0 aliphatic heterocycles. The number of aromatic hydroxyl groups is 1. The second-order valence-electron chi connectivity index (χ2n) is 4.86. The molecular weight excluding hydrogens is 258 g/mol. The van der Waals surface area contributed by atoms with Crippen molar-refractivity contribution in [3.63, 3.8) is 0 Å². The summed E-state index contributed by atoms with van der Waals surface area (Å²) in [4.78, 5) is 11.5. The van der Waals surface area contributed by atoms with Crippen molar-refractivity contribution in [2.24, 2.45) is 5.73 Å². The first-order valence-corrected chi connectivity index (χ1v) is 6.47. The number of rotatable bonds is 4. The summed E-state index contributed by atoms with van der Waals surface area (Å²) in [6.07, 6.45) is 1.17. The van der Waals surface area contributed by atoms with Gasteiger partial charge in [-0.25, -0.2) is 4.79 Å². The van der Waals surface area contributed by atoms with Crippen LogP contribution >= 0.6 is 0 Å². The van der Waals surface area contributed by atoms with Crippen molar-refractivity contribution in [3.8, 4) is 17.0 Å². The molecule has 2 aromatic rings. The third-order valence-electron chi connectivity index (χ3n) is 3.54. The van der Waals surface area contributed by atoms with Crippen molar-refractivity contribution >= 4 is 5.97 Å². The molecule has 104 valence electrons. The fraction of sp³-hybridized carbons (Fsp3) is 0.286. The average Bonchev–Trinajstić information content (AvgIpc) is 2.90. The minimum absolute atomic E-state index is 0.182. The van der Waals surface area contributed by atoms with Crippen LogP contribution in [0.2, 0.25) is 0 Å². The molecule has 1 heterocycles. The molecule has 0 atom stereocenters. The maximum atomic E-state index is 11.5. The van der Waals surface area contributed by atoms with Gasteiger partial charge >= 0.3 is 5.97 Å². The molecule has 1 aliphatic rings. The topological polar surface area (TPSA) is 101 Å². The number of benzene rings is 1. The van der Waals surface area contributed by atoms with Crippen LogP contribution < -0.4 is 5.73 Å². The van der Waals surface area contributed by atoms with Crippen LogP contribution in [-0.2, 0) is 13.0 Å². The van der Waals surface area contributed by atoms with E-state index in [0.29, 0.717) is 31.6 Å². The Morgan fingerprint density at radius 3 is 2.95 bits per heavy atom. The summed E-state index contributed by atoms with van der Waals surface area (Å²) in [6, 6.07) is 5.03. The number of phenols is 1. The number of carboxylic acid groups (broad SMARTS) is 1. The molecule has 1 aliphatic carbocycles. The Balaban J connectivity index is 2.10. The van der Waals surface area contributed by atoms with E-state index in [9.17, 15) is 15.0 Å². The number of nitrogens with zero attached hydrogens (tertiary/aromatic N) is 2. The Morgan fingerprint density at radius 2 is 2.25 bits per heavy atom. The van der Waals surface area contributed by atoms with Crippen molar-refractivity contribution in [1.82, 2.24) is 9.78 Å². The van der Waals surface area contributed by atoms with Crippen molar-refractivity contribution in [1.29, 1.82) is 0 Å². The number of hydrogen-bond acceptors (Lipinski definition) is 4. The highest BCUT2D eigenvalue weighted by Gasteiger charge is 2.30. The zero-order valence-corrected chi connectivity index (χ0v) is 10.8. The SMILES string of the molecule is NCCCn1nc2c(c1C(=O)O)Cc1cc(O)ccc1-2. The third-order valence-corrected chi connectivity index (χ3v) is 3.54. The van der Waals surface area contributed by atoms with E-state index < -0.39 is 5.97 Å². The normalized spacial score (nSPS) is 12.2. The van der Waals surface area contributed by atoms with Crippen molar-refractivity contribution in [2.45, 2.75) is 19.4 Å². The number of carboxylic acids is 1. The van der Waals surface area contributed by atoms with Crippen LogP contribution in [-0.4, -0.2) is 32.5 Å². The number of phenolic OH excluding ortho intramolecular Hbond substituents is 1. The summed E-state index contributed by atoms with van der Waals surface area (Å²) in [5.41, 5.74) is 8.93. The van der Waals surface area contributed by atoms with Gasteiger partial charge in [-0.05, 0) is 36.7 Å². The van der Waals surface area contributed by atoms with Gasteiger partial charge in [0, 0.05) is 24.1 Å². The third kappa shape index (κ3) is 1.85. The molecule has 1 aromatic heterocycles. The molecule has 0 unspecified atom stereocenters. The largest absolute Gasteiger partial charge is 0.508 e. The summed E-state index contributed by atoms with van der Waals surface area (Å²) < 4.78 is 1.52. The van der Waals surface area contributed by atoms with Crippen LogP contribution in [0.5, 0.6) is 5.75 Å². The van der Waals surface area contributed by atoms with Crippen LogP contribution in [0.15, 0.2) is 18.2 Å². The lowest BCUT2D eigenvalue weighted by molar-refractivity contribution is 0.0682. The summed E-state index contributed by atoms with van der Waals surface area (Å²) >= 11 is 0. The van der Waals surface area contributed by atoms with Crippen molar-refractivity contribution < 1.29 is 15.0 Å².